The number of ether oxygens (including phenoxy) is 2. The zero-order valence-electron chi connectivity index (χ0n) is 7.02. The predicted octanol–water partition coefficient (Wildman–Crippen LogP) is 1.94. The van der Waals surface area contributed by atoms with Crippen molar-refractivity contribution in [2.24, 2.45) is 0 Å². The van der Waals surface area contributed by atoms with Crippen molar-refractivity contribution in [3.05, 3.63) is 0 Å². The van der Waals surface area contributed by atoms with Gasteiger partial charge >= 0.3 is 0 Å². The Morgan fingerprint density at radius 3 is 2.70 bits per heavy atom. The molecule has 0 aromatic rings. The highest BCUT2D eigenvalue weighted by atomic mass is 16.7. The molecule has 0 bridgehead atoms. The lowest BCUT2D eigenvalue weighted by Gasteiger charge is -2.18. The van der Waals surface area contributed by atoms with Crippen molar-refractivity contribution in [3.63, 3.8) is 0 Å². The lowest BCUT2D eigenvalue weighted by molar-refractivity contribution is -0.155. The largest absolute Gasteiger partial charge is 0.353 e. The Balaban J connectivity index is 2.29. The summed E-state index contributed by atoms with van der Waals surface area (Å²) >= 11 is 0. The van der Waals surface area contributed by atoms with Crippen LogP contribution in [0.15, 0.2) is 0 Å². The van der Waals surface area contributed by atoms with Gasteiger partial charge < -0.3 is 9.47 Å². The monoisotopic (exact) mass is 144 g/mol. The van der Waals surface area contributed by atoms with E-state index in [2.05, 4.69) is 13.8 Å². The second kappa shape index (κ2) is 2.89. The SMILES string of the molecule is CCOC1CCC(C)(C)O1. The maximum absolute atomic E-state index is 5.57. The summed E-state index contributed by atoms with van der Waals surface area (Å²) in [5.41, 5.74) is 0.0415. The maximum atomic E-state index is 5.57. The van der Waals surface area contributed by atoms with Gasteiger partial charge in [-0.3, -0.25) is 0 Å². The minimum absolute atomic E-state index is 0.0415. The molecule has 2 heteroatoms. The Hall–Kier alpha value is -0.0800. The molecule has 1 atom stereocenters. The van der Waals surface area contributed by atoms with Crippen LogP contribution in [-0.4, -0.2) is 18.5 Å². The van der Waals surface area contributed by atoms with Crippen LogP contribution in [0.25, 0.3) is 0 Å². The molecule has 0 aromatic carbocycles. The van der Waals surface area contributed by atoms with Crippen LogP contribution in [-0.2, 0) is 9.47 Å². The molecule has 1 saturated heterocycles. The molecular formula is C8H16O2. The number of hydrogen-bond acceptors (Lipinski definition) is 2. The summed E-state index contributed by atoms with van der Waals surface area (Å²) < 4.78 is 10.9. The molecular weight excluding hydrogens is 128 g/mol. The zero-order chi connectivity index (χ0) is 7.61. The molecule has 0 amide bonds. The molecule has 1 aliphatic heterocycles. The second-order valence-electron chi connectivity index (χ2n) is 3.30. The van der Waals surface area contributed by atoms with Gasteiger partial charge in [0.05, 0.1) is 5.60 Å². The summed E-state index contributed by atoms with van der Waals surface area (Å²) in [5, 5.41) is 0. The minimum atomic E-state index is 0.0415. The van der Waals surface area contributed by atoms with Crippen molar-refractivity contribution in [2.45, 2.75) is 45.5 Å². The average Bonchev–Trinajstić information content (AvgIpc) is 2.12. The van der Waals surface area contributed by atoms with Gasteiger partial charge in [0.2, 0.25) is 0 Å². The molecule has 1 rings (SSSR count). The van der Waals surface area contributed by atoms with Gasteiger partial charge in [0.25, 0.3) is 0 Å². The van der Waals surface area contributed by atoms with E-state index >= 15 is 0 Å². The lowest BCUT2D eigenvalue weighted by atomic mass is 10.1. The predicted molar refractivity (Wildman–Crippen MR) is 39.8 cm³/mol. The zero-order valence-corrected chi connectivity index (χ0v) is 7.02. The van der Waals surface area contributed by atoms with Crippen LogP contribution in [0.5, 0.6) is 0 Å². The van der Waals surface area contributed by atoms with E-state index in [0.717, 1.165) is 19.4 Å². The van der Waals surface area contributed by atoms with E-state index in [0.29, 0.717) is 0 Å². The quantitative estimate of drug-likeness (QED) is 0.589. The minimum Gasteiger partial charge on any atom is -0.353 e. The van der Waals surface area contributed by atoms with Gasteiger partial charge in [0.1, 0.15) is 0 Å². The van der Waals surface area contributed by atoms with Crippen LogP contribution < -0.4 is 0 Å². The number of hydrogen-bond donors (Lipinski definition) is 0. The van der Waals surface area contributed by atoms with Gasteiger partial charge in [-0.2, -0.15) is 0 Å². The highest BCUT2D eigenvalue weighted by Gasteiger charge is 2.31. The second-order valence-corrected chi connectivity index (χ2v) is 3.30. The summed E-state index contributed by atoms with van der Waals surface area (Å²) in [6.45, 7) is 6.95. The van der Waals surface area contributed by atoms with E-state index in [9.17, 15) is 0 Å². The van der Waals surface area contributed by atoms with Gasteiger partial charge in [-0.05, 0) is 27.2 Å². The molecule has 0 saturated carbocycles. The molecule has 0 aliphatic carbocycles. The molecule has 1 fully saturated rings. The van der Waals surface area contributed by atoms with E-state index in [1.165, 1.54) is 0 Å². The number of rotatable bonds is 2. The molecule has 0 N–H and O–H groups in total. The van der Waals surface area contributed by atoms with E-state index in [1.807, 2.05) is 6.92 Å². The topological polar surface area (TPSA) is 18.5 Å². The summed E-state index contributed by atoms with van der Waals surface area (Å²) in [7, 11) is 0. The first-order chi connectivity index (χ1) is 4.64. The van der Waals surface area contributed by atoms with Gasteiger partial charge in [0.15, 0.2) is 6.29 Å². The van der Waals surface area contributed by atoms with E-state index in [4.69, 9.17) is 9.47 Å². The van der Waals surface area contributed by atoms with Crippen LogP contribution in [0, 0.1) is 0 Å². The van der Waals surface area contributed by atoms with Crippen molar-refractivity contribution >= 4 is 0 Å². The molecule has 0 radical (unpaired) electrons. The highest BCUT2D eigenvalue weighted by molar-refractivity contribution is 4.76. The van der Waals surface area contributed by atoms with Crippen LogP contribution in [0.1, 0.15) is 33.6 Å². The van der Waals surface area contributed by atoms with Gasteiger partial charge in [0, 0.05) is 13.0 Å². The van der Waals surface area contributed by atoms with E-state index in [1.54, 1.807) is 0 Å². The van der Waals surface area contributed by atoms with Gasteiger partial charge in [-0.25, -0.2) is 0 Å². The van der Waals surface area contributed by atoms with Crippen molar-refractivity contribution < 1.29 is 9.47 Å². The van der Waals surface area contributed by atoms with Crippen molar-refractivity contribution in [1.29, 1.82) is 0 Å². The van der Waals surface area contributed by atoms with Crippen LogP contribution >= 0.6 is 0 Å². The molecule has 1 heterocycles. The average molecular weight is 144 g/mol. The van der Waals surface area contributed by atoms with E-state index < -0.39 is 0 Å². The van der Waals surface area contributed by atoms with Gasteiger partial charge in [-0.1, -0.05) is 0 Å². The Labute approximate surface area is 62.5 Å². The third-order valence-corrected chi connectivity index (χ3v) is 1.79. The summed E-state index contributed by atoms with van der Waals surface area (Å²) in [6.07, 6.45) is 2.21. The van der Waals surface area contributed by atoms with Crippen LogP contribution in [0.3, 0.4) is 0 Å². The van der Waals surface area contributed by atoms with Crippen LogP contribution in [0.2, 0.25) is 0 Å². The molecule has 1 unspecified atom stereocenters. The Morgan fingerprint density at radius 2 is 2.30 bits per heavy atom. The molecule has 2 nitrogen and oxygen atoms in total. The summed E-state index contributed by atoms with van der Waals surface area (Å²) in [4.78, 5) is 0. The van der Waals surface area contributed by atoms with Crippen LogP contribution in [0.4, 0.5) is 0 Å². The lowest BCUT2D eigenvalue weighted by Crippen LogP contribution is -2.21. The first-order valence-corrected chi connectivity index (χ1v) is 3.93. The fourth-order valence-corrected chi connectivity index (χ4v) is 1.24. The normalized spacial score (nSPS) is 30.9. The first-order valence-electron chi connectivity index (χ1n) is 3.93. The highest BCUT2D eigenvalue weighted by Crippen LogP contribution is 2.29. The Kier molecular flexibility index (Phi) is 2.32. The first kappa shape index (κ1) is 8.02. The fraction of sp³-hybridized carbons (Fsp3) is 1.00. The summed E-state index contributed by atoms with van der Waals surface area (Å²) in [5.74, 6) is 0. The fourth-order valence-electron chi connectivity index (χ4n) is 1.24. The summed E-state index contributed by atoms with van der Waals surface area (Å²) in [6, 6.07) is 0. The van der Waals surface area contributed by atoms with Crippen molar-refractivity contribution in [1.82, 2.24) is 0 Å². The molecule has 10 heavy (non-hydrogen) atoms. The van der Waals surface area contributed by atoms with Crippen molar-refractivity contribution in [2.75, 3.05) is 6.61 Å². The standard InChI is InChI=1S/C8H16O2/c1-4-9-7-5-6-8(2,3)10-7/h7H,4-6H2,1-3H3. The Bertz CT molecular complexity index is 110. The molecule has 0 aromatic heterocycles. The maximum Gasteiger partial charge on any atom is 0.158 e. The molecule has 1 aliphatic rings. The van der Waals surface area contributed by atoms with Crippen molar-refractivity contribution in [3.8, 4) is 0 Å². The smallest absolute Gasteiger partial charge is 0.158 e. The van der Waals surface area contributed by atoms with E-state index in [-0.39, 0.29) is 11.9 Å². The van der Waals surface area contributed by atoms with Gasteiger partial charge in [-0.15, -0.1) is 0 Å². The third-order valence-electron chi connectivity index (χ3n) is 1.79. The molecule has 60 valence electrons. The Morgan fingerprint density at radius 1 is 1.60 bits per heavy atom. The molecule has 0 spiro atoms. The third kappa shape index (κ3) is 1.96.